The molecule has 14 heteroatoms. The zero-order valence-corrected chi connectivity index (χ0v) is 29.1. The van der Waals surface area contributed by atoms with Crippen LogP contribution in [0.2, 0.25) is 0 Å². The van der Waals surface area contributed by atoms with E-state index in [0.29, 0.717) is 23.5 Å². The van der Waals surface area contributed by atoms with Crippen LogP contribution < -0.4 is 9.47 Å². The molecule has 0 aliphatic carbocycles. The van der Waals surface area contributed by atoms with Crippen molar-refractivity contribution in [1.82, 2.24) is 14.8 Å². The van der Waals surface area contributed by atoms with Gasteiger partial charge >= 0.3 is 12.1 Å². The van der Waals surface area contributed by atoms with Crippen LogP contribution in [-0.4, -0.2) is 80.7 Å². The number of methoxy groups -OCH3 is 1. The van der Waals surface area contributed by atoms with Gasteiger partial charge in [0.15, 0.2) is 0 Å². The molecule has 2 saturated heterocycles. The summed E-state index contributed by atoms with van der Waals surface area (Å²) in [6.07, 6.45) is -2.76. The molecule has 0 bridgehead atoms. The number of benzene rings is 1. The molecule has 2 aliphatic heterocycles. The van der Waals surface area contributed by atoms with Crippen LogP contribution in [0.25, 0.3) is 0 Å². The van der Waals surface area contributed by atoms with E-state index in [2.05, 4.69) is 4.98 Å². The number of aliphatic hydroxyl groups is 1. The first-order valence-corrected chi connectivity index (χ1v) is 17.6. The molecular formula is C36H42F3N3O7S. The minimum absolute atomic E-state index is 0.00397. The fourth-order valence-corrected chi connectivity index (χ4v) is 8.05. The van der Waals surface area contributed by atoms with E-state index in [-0.39, 0.29) is 58.0 Å². The zero-order chi connectivity index (χ0) is 36.3. The number of carboxylic acids is 1. The molecule has 0 saturated carbocycles. The largest absolute Gasteiger partial charge is 0.496 e. The molecule has 4 heterocycles. The number of pyridine rings is 1. The molecule has 10 nitrogen and oxygen atoms in total. The number of alkyl halides is 3. The van der Waals surface area contributed by atoms with Crippen LogP contribution >= 0.6 is 11.3 Å². The Morgan fingerprint density at radius 3 is 2.50 bits per heavy atom. The number of nitrogens with zero attached hydrogens (tertiary/aromatic N) is 3. The number of halogens is 3. The maximum Gasteiger partial charge on any atom is 0.418 e. The fraction of sp³-hybridized carbons (Fsp3) is 0.500. The van der Waals surface area contributed by atoms with Crippen molar-refractivity contribution in [2.75, 3.05) is 20.2 Å². The number of carboxylic acid groups (broad SMARTS) is 1. The molecule has 0 radical (unpaired) electrons. The topological polar surface area (TPSA) is 130 Å². The minimum atomic E-state index is -4.84. The van der Waals surface area contributed by atoms with Gasteiger partial charge in [-0.15, -0.1) is 11.3 Å². The lowest BCUT2D eigenvalue weighted by molar-refractivity contribution is -0.168. The molecule has 2 aliphatic rings. The highest BCUT2D eigenvalue weighted by atomic mass is 32.1. The van der Waals surface area contributed by atoms with E-state index in [4.69, 9.17) is 9.47 Å². The van der Waals surface area contributed by atoms with Crippen molar-refractivity contribution in [1.29, 1.82) is 0 Å². The lowest BCUT2D eigenvalue weighted by atomic mass is 9.76. The van der Waals surface area contributed by atoms with Gasteiger partial charge in [-0.2, -0.15) is 13.2 Å². The number of carbonyl (C=O) groups excluding carboxylic acids is 2. The predicted molar refractivity (Wildman–Crippen MR) is 179 cm³/mol. The van der Waals surface area contributed by atoms with Gasteiger partial charge in [-0.3, -0.25) is 19.4 Å². The maximum atomic E-state index is 15.2. The van der Waals surface area contributed by atoms with Gasteiger partial charge in [-0.25, -0.2) is 0 Å². The molecule has 270 valence electrons. The van der Waals surface area contributed by atoms with Crippen molar-refractivity contribution < 1.29 is 47.2 Å². The molecule has 1 aromatic carbocycles. The quantitative estimate of drug-likeness (QED) is 0.232. The molecule has 2 amide bonds. The second-order valence-corrected chi connectivity index (χ2v) is 14.1. The number of aromatic nitrogens is 1. The summed E-state index contributed by atoms with van der Waals surface area (Å²) in [5, 5.41) is 23.4. The number of aryl methyl sites for hydroxylation is 1. The smallest absolute Gasteiger partial charge is 0.418 e. The molecule has 2 unspecified atom stereocenters. The Hall–Kier alpha value is -4.17. The van der Waals surface area contributed by atoms with E-state index < -0.39 is 58.5 Å². The summed E-state index contributed by atoms with van der Waals surface area (Å²) >= 11 is 1.40. The van der Waals surface area contributed by atoms with Crippen molar-refractivity contribution in [3.63, 3.8) is 0 Å². The first kappa shape index (κ1) is 37.1. The van der Waals surface area contributed by atoms with Gasteiger partial charge in [0.2, 0.25) is 5.60 Å². The SMILES string of the molecule is CCC[C@H]1N(C(=O)c2ncccc2C(F)(F)F)CCC[C@@]1(Oc1csc(C)c1)C(=O)N1CCC(O)(c2ccccc2OC)CC1CCC(=O)O. The number of rotatable bonds is 11. The lowest BCUT2D eigenvalue weighted by Crippen LogP contribution is -2.70. The first-order chi connectivity index (χ1) is 23.7. The highest BCUT2D eigenvalue weighted by Gasteiger charge is 2.57. The maximum absolute atomic E-state index is 15.2. The molecule has 4 atom stereocenters. The van der Waals surface area contributed by atoms with Crippen LogP contribution in [-0.2, 0) is 21.4 Å². The Bertz CT molecular complexity index is 1700. The third-order valence-electron chi connectivity index (χ3n) is 9.71. The number of para-hydroxylation sites is 1. The summed E-state index contributed by atoms with van der Waals surface area (Å²) < 4.78 is 54.4. The number of likely N-dealkylation sites (tertiary alicyclic amines) is 2. The van der Waals surface area contributed by atoms with Gasteiger partial charge in [-0.1, -0.05) is 31.5 Å². The summed E-state index contributed by atoms with van der Waals surface area (Å²) in [6.45, 7) is 3.83. The van der Waals surface area contributed by atoms with E-state index in [9.17, 15) is 33.0 Å². The summed E-state index contributed by atoms with van der Waals surface area (Å²) in [6, 6.07) is 8.95. The lowest BCUT2D eigenvalue weighted by Gasteiger charge is -2.52. The molecule has 2 aromatic heterocycles. The Kier molecular flexibility index (Phi) is 11.1. The number of hydrogen-bond acceptors (Lipinski definition) is 8. The Morgan fingerprint density at radius 2 is 1.84 bits per heavy atom. The van der Waals surface area contributed by atoms with Crippen molar-refractivity contribution >= 4 is 29.1 Å². The van der Waals surface area contributed by atoms with Crippen LogP contribution in [0.1, 0.15) is 84.8 Å². The average molecular weight is 718 g/mol. The van der Waals surface area contributed by atoms with Gasteiger partial charge < -0.3 is 29.5 Å². The van der Waals surface area contributed by atoms with Crippen LogP contribution in [0.4, 0.5) is 13.2 Å². The number of hydrogen-bond donors (Lipinski definition) is 2. The zero-order valence-electron chi connectivity index (χ0n) is 28.2. The molecule has 0 spiro atoms. The number of aliphatic carboxylic acids is 1. The molecule has 2 fully saturated rings. The highest BCUT2D eigenvalue weighted by Crippen LogP contribution is 2.45. The Balaban J connectivity index is 1.59. The predicted octanol–water partition coefficient (Wildman–Crippen LogP) is 6.45. The fourth-order valence-electron chi connectivity index (χ4n) is 7.45. The Labute approximate surface area is 292 Å². The van der Waals surface area contributed by atoms with Crippen LogP contribution in [0, 0.1) is 6.92 Å². The third-order valence-corrected chi connectivity index (χ3v) is 10.5. The monoisotopic (exact) mass is 717 g/mol. The van der Waals surface area contributed by atoms with Gasteiger partial charge in [-0.05, 0) is 56.9 Å². The van der Waals surface area contributed by atoms with E-state index in [1.807, 2.05) is 13.8 Å². The highest BCUT2D eigenvalue weighted by molar-refractivity contribution is 7.10. The standard InChI is InChI=1S/C36H42F3N3O7S/c1-4-9-29-35(49-25-20-23(2)50-22-25,15-8-18-42(29)32(45)31-27(36(37,38)39)11-7-17-40-31)33(46)41-19-16-34(47,21-24(41)13-14-30(43)44)26-10-5-6-12-28(26)48-3/h5-7,10-12,17,20,22,24,29,47H,4,8-9,13-16,18-19,21H2,1-3H3,(H,43,44)/t24?,29-,34?,35+/m1/s1. The number of ether oxygens (including phenoxy) is 2. The normalized spacial score (nSPS) is 24.1. The van der Waals surface area contributed by atoms with Crippen molar-refractivity contribution in [3.05, 3.63) is 75.7 Å². The van der Waals surface area contributed by atoms with Gasteiger partial charge in [0.05, 0.1) is 24.3 Å². The summed E-state index contributed by atoms with van der Waals surface area (Å²) in [4.78, 5) is 48.8. The second-order valence-electron chi connectivity index (χ2n) is 13.0. The minimum Gasteiger partial charge on any atom is -0.496 e. The van der Waals surface area contributed by atoms with Crippen molar-refractivity contribution in [2.24, 2.45) is 0 Å². The second kappa shape index (κ2) is 15.0. The van der Waals surface area contributed by atoms with Crippen molar-refractivity contribution in [3.8, 4) is 11.5 Å². The molecule has 5 rings (SSSR count). The summed E-state index contributed by atoms with van der Waals surface area (Å²) in [5.74, 6) is -1.69. The molecule has 50 heavy (non-hydrogen) atoms. The molecular weight excluding hydrogens is 675 g/mol. The Morgan fingerprint density at radius 1 is 1.08 bits per heavy atom. The van der Waals surface area contributed by atoms with Gasteiger partial charge in [0.25, 0.3) is 11.8 Å². The van der Waals surface area contributed by atoms with E-state index >= 15 is 4.79 Å². The molecule has 2 N–H and O–H groups in total. The van der Waals surface area contributed by atoms with Crippen molar-refractivity contribution in [2.45, 2.75) is 94.7 Å². The van der Waals surface area contributed by atoms with Crippen LogP contribution in [0.3, 0.4) is 0 Å². The number of thiophene rings is 1. The first-order valence-electron chi connectivity index (χ1n) is 16.7. The van der Waals surface area contributed by atoms with E-state index in [0.717, 1.165) is 23.2 Å². The molecule has 3 aromatic rings. The van der Waals surface area contributed by atoms with Crippen LogP contribution in [0.5, 0.6) is 11.5 Å². The van der Waals surface area contributed by atoms with Gasteiger partial charge in [0, 0.05) is 60.4 Å². The van der Waals surface area contributed by atoms with Crippen LogP contribution in [0.15, 0.2) is 54.0 Å². The number of amides is 2. The third kappa shape index (κ3) is 7.46. The average Bonchev–Trinajstić information content (AvgIpc) is 3.50. The van der Waals surface area contributed by atoms with Gasteiger partial charge in [0.1, 0.15) is 17.2 Å². The summed E-state index contributed by atoms with van der Waals surface area (Å²) in [5.41, 5.74) is -4.59. The number of carbonyl (C=O) groups is 3. The van der Waals surface area contributed by atoms with E-state index in [1.165, 1.54) is 23.3 Å². The van der Waals surface area contributed by atoms with E-state index in [1.54, 1.807) is 40.6 Å². The number of piperidine rings is 2. The summed E-state index contributed by atoms with van der Waals surface area (Å²) in [7, 11) is 1.49.